The largest absolute Gasteiger partial charge is 0.463 e. The molecule has 2 heterocycles. The molecule has 24 heavy (non-hydrogen) atoms. The van der Waals surface area contributed by atoms with E-state index in [9.17, 15) is 19.8 Å². The molecule has 1 fully saturated rings. The second-order valence-corrected chi connectivity index (χ2v) is 5.53. The van der Waals surface area contributed by atoms with Crippen LogP contribution in [0, 0.1) is 0 Å². The molecular formula is C14H20N4O6. The molecule has 1 saturated heterocycles. The van der Waals surface area contributed by atoms with Gasteiger partial charge in [-0.2, -0.15) is 4.98 Å². The Morgan fingerprint density at radius 1 is 1.50 bits per heavy atom. The molecule has 0 saturated carbocycles. The molecule has 132 valence electrons. The maximum absolute atomic E-state index is 12.1. The van der Waals surface area contributed by atoms with Crippen LogP contribution in [0.2, 0.25) is 0 Å². The number of ether oxygens (including phenoxy) is 2. The highest BCUT2D eigenvalue weighted by Gasteiger charge is 2.44. The lowest BCUT2D eigenvalue weighted by Gasteiger charge is -2.16. The number of aliphatic imine (C=N–C) groups is 1. The molecule has 0 aromatic carbocycles. The Morgan fingerprint density at radius 2 is 2.21 bits per heavy atom. The van der Waals surface area contributed by atoms with Crippen LogP contribution in [0.4, 0.5) is 5.82 Å². The number of nitrogens with zero attached hydrogens (tertiary/aromatic N) is 4. The van der Waals surface area contributed by atoms with Crippen LogP contribution >= 0.6 is 0 Å². The van der Waals surface area contributed by atoms with E-state index < -0.39 is 36.2 Å². The zero-order chi connectivity index (χ0) is 17.9. The SMILES string of the molecule is CC(=O)OC[C@H]1O[C@@H](n2ccc(/N=C/N(C)C)nc2=O)[C@H](O)[C@@H]1O. The van der Waals surface area contributed by atoms with Gasteiger partial charge in [-0.15, -0.1) is 0 Å². The van der Waals surface area contributed by atoms with Crippen LogP contribution in [-0.2, 0) is 14.3 Å². The minimum atomic E-state index is -1.36. The average Bonchev–Trinajstić information content (AvgIpc) is 2.79. The topological polar surface area (TPSA) is 126 Å². The number of esters is 1. The normalized spacial score (nSPS) is 26.7. The van der Waals surface area contributed by atoms with E-state index in [1.54, 1.807) is 19.0 Å². The molecule has 1 aromatic rings. The highest BCUT2D eigenvalue weighted by Crippen LogP contribution is 2.28. The summed E-state index contributed by atoms with van der Waals surface area (Å²) < 4.78 is 11.3. The first-order valence-electron chi connectivity index (χ1n) is 7.24. The summed E-state index contributed by atoms with van der Waals surface area (Å²) >= 11 is 0. The third-order valence-corrected chi connectivity index (χ3v) is 3.30. The lowest BCUT2D eigenvalue weighted by atomic mass is 10.1. The molecule has 0 bridgehead atoms. The molecule has 0 amide bonds. The fraction of sp³-hybridized carbons (Fsp3) is 0.571. The predicted molar refractivity (Wildman–Crippen MR) is 82.9 cm³/mol. The van der Waals surface area contributed by atoms with Gasteiger partial charge in [0, 0.05) is 27.2 Å². The van der Waals surface area contributed by atoms with E-state index in [1.165, 1.54) is 25.5 Å². The lowest BCUT2D eigenvalue weighted by Crippen LogP contribution is -2.36. The van der Waals surface area contributed by atoms with Gasteiger partial charge in [0.2, 0.25) is 0 Å². The first-order chi connectivity index (χ1) is 11.3. The van der Waals surface area contributed by atoms with Crippen molar-refractivity contribution in [3.63, 3.8) is 0 Å². The molecule has 10 nitrogen and oxygen atoms in total. The Kier molecular flexibility index (Phi) is 5.65. The van der Waals surface area contributed by atoms with Crippen LogP contribution in [0.15, 0.2) is 22.1 Å². The highest BCUT2D eigenvalue weighted by molar-refractivity contribution is 5.65. The van der Waals surface area contributed by atoms with Crippen LogP contribution in [0.1, 0.15) is 13.2 Å². The number of hydrogen-bond acceptors (Lipinski definition) is 8. The maximum atomic E-state index is 12.1. The number of aliphatic hydroxyl groups excluding tert-OH is 2. The fourth-order valence-electron chi connectivity index (χ4n) is 2.14. The van der Waals surface area contributed by atoms with E-state index in [0.29, 0.717) is 0 Å². The predicted octanol–water partition coefficient (Wildman–Crippen LogP) is -1.35. The highest BCUT2D eigenvalue weighted by atomic mass is 16.6. The molecule has 0 aliphatic carbocycles. The van der Waals surface area contributed by atoms with Gasteiger partial charge in [0.05, 0.1) is 6.34 Å². The summed E-state index contributed by atoms with van der Waals surface area (Å²) in [6.07, 6.45) is -1.87. The van der Waals surface area contributed by atoms with Crippen molar-refractivity contribution in [3.8, 4) is 0 Å². The van der Waals surface area contributed by atoms with E-state index in [1.807, 2.05) is 0 Å². The number of aliphatic hydroxyl groups is 2. The fourth-order valence-corrected chi connectivity index (χ4v) is 2.14. The average molecular weight is 340 g/mol. The van der Waals surface area contributed by atoms with Gasteiger partial charge in [0.25, 0.3) is 0 Å². The number of hydrogen-bond donors (Lipinski definition) is 2. The first-order valence-corrected chi connectivity index (χ1v) is 7.24. The van der Waals surface area contributed by atoms with Gasteiger partial charge >= 0.3 is 11.7 Å². The number of carbonyl (C=O) groups excluding carboxylic acids is 1. The van der Waals surface area contributed by atoms with Crippen LogP contribution in [0.3, 0.4) is 0 Å². The van der Waals surface area contributed by atoms with Gasteiger partial charge < -0.3 is 24.6 Å². The molecule has 1 aromatic heterocycles. The second kappa shape index (κ2) is 7.51. The van der Waals surface area contributed by atoms with E-state index in [4.69, 9.17) is 9.47 Å². The Labute approximate surface area is 138 Å². The molecule has 2 rings (SSSR count). The van der Waals surface area contributed by atoms with Crippen molar-refractivity contribution >= 4 is 18.1 Å². The van der Waals surface area contributed by atoms with Crippen LogP contribution in [0.25, 0.3) is 0 Å². The van der Waals surface area contributed by atoms with Crippen LogP contribution in [-0.4, -0.2) is 76.0 Å². The molecule has 1 aliphatic heterocycles. The molecule has 10 heteroatoms. The zero-order valence-electron chi connectivity index (χ0n) is 13.6. The van der Waals surface area contributed by atoms with Gasteiger partial charge in [0.1, 0.15) is 24.9 Å². The van der Waals surface area contributed by atoms with E-state index in [-0.39, 0.29) is 12.4 Å². The molecule has 4 atom stereocenters. The van der Waals surface area contributed by atoms with E-state index in [0.717, 1.165) is 4.57 Å². The van der Waals surface area contributed by atoms with E-state index >= 15 is 0 Å². The molecule has 1 aliphatic rings. The van der Waals surface area contributed by atoms with Crippen molar-refractivity contribution in [3.05, 3.63) is 22.7 Å². The number of aromatic nitrogens is 2. The van der Waals surface area contributed by atoms with Crippen molar-refractivity contribution in [2.75, 3.05) is 20.7 Å². The molecule has 0 spiro atoms. The first kappa shape index (κ1) is 18.0. The minimum Gasteiger partial charge on any atom is -0.463 e. The number of carbonyl (C=O) groups is 1. The van der Waals surface area contributed by atoms with Crippen molar-refractivity contribution in [1.29, 1.82) is 0 Å². The summed E-state index contributed by atoms with van der Waals surface area (Å²) in [5, 5.41) is 20.0. The van der Waals surface area contributed by atoms with Crippen molar-refractivity contribution in [2.24, 2.45) is 4.99 Å². The van der Waals surface area contributed by atoms with Gasteiger partial charge in [-0.25, -0.2) is 9.79 Å². The molecule has 0 radical (unpaired) electrons. The summed E-state index contributed by atoms with van der Waals surface area (Å²) in [5.41, 5.74) is -0.687. The monoisotopic (exact) mass is 340 g/mol. The molecule has 2 N–H and O–H groups in total. The smallest absolute Gasteiger partial charge is 0.351 e. The summed E-state index contributed by atoms with van der Waals surface area (Å²) in [7, 11) is 3.55. The Balaban J connectivity index is 2.16. The summed E-state index contributed by atoms with van der Waals surface area (Å²) in [6, 6.07) is 1.48. The third-order valence-electron chi connectivity index (χ3n) is 3.30. The molecular weight excluding hydrogens is 320 g/mol. The zero-order valence-corrected chi connectivity index (χ0v) is 13.6. The van der Waals surface area contributed by atoms with E-state index in [2.05, 4.69) is 9.98 Å². The summed E-state index contributed by atoms with van der Waals surface area (Å²) in [6.45, 7) is 0.994. The maximum Gasteiger partial charge on any atom is 0.351 e. The third kappa shape index (κ3) is 4.16. The minimum absolute atomic E-state index is 0.203. The standard InChI is InChI=1S/C14H20N4O6/c1-8(19)23-6-9-11(20)12(21)13(24-9)18-5-4-10(16-14(18)22)15-7-17(2)3/h4-5,7,9,11-13,20-21H,6H2,1-3H3/b15-7+/t9-,11-,12-,13-/m1/s1. The Morgan fingerprint density at radius 3 is 2.79 bits per heavy atom. The van der Waals surface area contributed by atoms with Crippen molar-refractivity contribution in [1.82, 2.24) is 14.5 Å². The van der Waals surface area contributed by atoms with Gasteiger partial charge in [0.15, 0.2) is 12.0 Å². The summed E-state index contributed by atoms with van der Waals surface area (Å²) in [5.74, 6) is -0.333. The van der Waals surface area contributed by atoms with Crippen molar-refractivity contribution < 1.29 is 24.5 Å². The Bertz CT molecular complexity index is 673. The number of rotatable bonds is 5. The van der Waals surface area contributed by atoms with Gasteiger partial charge in [-0.3, -0.25) is 9.36 Å². The van der Waals surface area contributed by atoms with Gasteiger partial charge in [-0.1, -0.05) is 0 Å². The quantitative estimate of drug-likeness (QED) is 0.383. The van der Waals surface area contributed by atoms with Crippen molar-refractivity contribution in [2.45, 2.75) is 31.5 Å². The van der Waals surface area contributed by atoms with Crippen LogP contribution in [0.5, 0.6) is 0 Å². The second-order valence-electron chi connectivity index (χ2n) is 5.53. The molecule has 0 unspecified atom stereocenters. The lowest BCUT2D eigenvalue weighted by molar-refractivity contribution is -0.147. The Hall–Kier alpha value is -2.30. The van der Waals surface area contributed by atoms with Gasteiger partial charge in [-0.05, 0) is 6.07 Å². The van der Waals surface area contributed by atoms with Crippen LogP contribution < -0.4 is 5.69 Å². The summed E-state index contributed by atoms with van der Waals surface area (Å²) in [4.78, 5) is 32.4.